The number of sulfonamides is 1. The minimum atomic E-state index is -3.47. The monoisotopic (exact) mass is 354 g/mol. The van der Waals surface area contributed by atoms with E-state index in [1.54, 1.807) is 24.3 Å². The molecule has 0 bridgehead atoms. The maximum atomic E-state index is 12.5. The molecule has 6 heteroatoms. The first-order chi connectivity index (χ1) is 11.3. The van der Waals surface area contributed by atoms with Crippen LogP contribution in [0.2, 0.25) is 0 Å². The Labute approximate surface area is 146 Å². The van der Waals surface area contributed by atoms with Gasteiger partial charge < -0.3 is 10.1 Å². The van der Waals surface area contributed by atoms with Gasteiger partial charge in [-0.25, -0.2) is 13.1 Å². The lowest BCUT2D eigenvalue weighted by Gasteiger charge is -2.34. The quantitative estimate of drug-likeness (QED) is 0.753. The zero-order valence-corrected chi connectivity index (χ0v) is 15.8. The zero-order chi connectivity index (χ0) is 17.6. The number of ether oxygens (including phenoxy) is 1. The normalized spacial score (nSPS) is 17.8. The molecule has 0 atom stereocenters. The summed E-state index contributed by atoms with van der Waals surface area (Å²) in [5.41, 5.74) is 0.0260. The van der Waals surface area contributed by atoms with Gasteiger partial charge >= 0.3 is 0 Å². The average Bonchev–Trinajstić information content (AvgIpc) is 2.54. The topological polar surface area (TPSA) is 67.4 Å². The van der Waals surface area contributed by atoms with Crippen LogP contribution in [-0.4, -0.2) is 34.7 Å². The Morgan fingerprint density at radius 2 is 1.83 bits per heavy atom. The molecule has 24 heavy (non-hydrogen) atoms. The van der Waals surface area contributed by atoms with Crippen LogP contribution in [0.25, 0.3) is 0 Å². The summed E-state index contributed by atoms with van der Waals surface area (Å²) in [6.45, 7) is 9.45. The highest BCUT2D eigenvalue weighted by Gasteiger charge is 2.28. The number of nitrogens with one attached hydrogen (secondary N) is 2. The Hall–Kier alpha value is -1.11. The fourth-order valence-electron chi connectivity index (χ4n) is 2.69. The van der Waals surface area contributed by atoms with Crippen LogP contribution in [0.3, 0.4) is 0 Å². The lowest BCUT2D eigenvalue weighted by atomic mass is 9.81. The fourth-order valence-corrected chi connectivity index (χ4v) is 3.89. The van der Waals surface area contributed by atoms with E-state index < -0.39 is 10.0 Å². The van der Waals surface area contributed by atoms with Crippen LogP contribution in [0.15, 0.2) is 29.2 Å². The smallest absolute Gasteiger partial charge is 0.240 e. The molecule has 0 spiro atoms. The molecule has 5 nitrogen and oxygen atoms in total. The summed E-state index contributed by atoms with van der Waals surface area (Å²) in [5.74, 6) is 1.30. The molecule has 0 saturated carbocycles. The van der Waals surface area contributed by atoms with Gasteiger partial charge in [-0.05, 0) is 68.0 Å². The average molecular weight is 355 g/mol. The Morgan fingerprint density at radius 3 is 2.42 bits per heavy atom. The van der Waals surface area contributed by atoms with Gasteiger partial charge in [-0.3, -0.25) is 0 Å². The molecule has 1 aliphatic rings. The highest BCUT2D eigenvalue weighted by molar-refractivity contribution is 7.89. The predicted octanol–water partition coefficient (Wildman–Crippen LogP) is 2.78. The van der Waals surface area contributed by atoms with Crippen molar-refractivity contribution in [1.82, 2.24) is 10.0 Å². The largest absolute Gasteiger partial charge is 0.494 e. The minimum absolute atomic E-state index is 0.0260. The van der Waals surface area contributed by atoms with Gasteiger partial charge in [0.05, 0.1) is 11.5 Å². The third kappa shape index (κ3) is 5.76. The van der Waals surface area contributed by atoms with Crippen molar-refractivity contribution in [3.05, 3.63) is 24.3 Å². The van der Waals surface area contributed by atoms with E-state index in [9.17, 15) is 8.42 Å². The summed E-state index contributed by atoms with van der Waals surface area (Å²) >= 11 is 0. The molecule has 0 amide bonds. The van der Waals surface area contributed by atoms with Crippen molar-refractivity contribution in [2.45, 2.75) is 44.9 Å². The lowest BCUT2D eigenvalue weighted by Crippen LogP contribution is -2.42. The second-order valence-electron chi connectivity index (χ2n) is 7.39. The Balaban J connectivity index is 1.91. The molecule has 136 valence electrons. The molecule has 1 heterocycles. The molecule has 1 aromatic carbocycles. The van der Waals surface area contributed by atoms with Crippen molar-refractivity contribution >= 4 is 10.0 Å². The molecule has 1 aliphatic heterocycles. The molecule has 1 fully saturated rings. The summed E-state index contributed by atoms with van der Waals surface area (Å²) in [6.07, 6.45) is 2.95. The summed E-state index contributed by atoms with van der Waals surface area (Å²) in [6, 6.07) is 6.66. The van der Waals surface area contributed by atoms with E-state index in [2.05, 4.69) is 30.8 Å². The molecule has 1 saturated heterocycles. The second-order valence-corrected chi connectivity index (χ2v) is 9.15. The summed E-state index contributed by atoms with van der Waals surface area (Å²) in [5, 5.41) is 3.31. The van der Waals surface area contributed by atoms with Crippen LogP contribution in [0, 0.1) is 11.3 Å². The molecule has 2 N–H and O–H groups in total. The van der Waals surface area contributed by atoms with Crippen LogP contribution in [0.1, 0.15) is 40.0 Å². The van der Waals surface area contributed by atoms with E-state index in [-0.39, 0.29) is 10.3 Å². The predicted molar refractivity (Wildman–Crippen MR) is 96.8 cm³/mol. The van der Waals surface area contributed by atoms with E-state index in [4.69, 9.17) is 4.74 Å². The SMILES string of the molecule is CC(C)CCOc1ccc(S(=O)(=O)NCC2(C)CCNCC2)cc1. The number of benzene rings is 1. The van der Waals surface area contributed by atoms with E-state index in [1.165, 1.54) is 0 Å². The molecule has 2 rings (SSSR count). The first kappa shape index (κ1) is 19.2. The molecular formula is C18H30N2O3S. The van der Waals surface area contributed by atoms with Gasteiger partial charge in [0, 0.05) is 6.54 Å². The summed E-state index contributed by atoms with van der Waals surface area (Å²) < 4.78 is 33.3. The van der Waals surface area contributed by atoms with Crippen molar-refractivity contribution < 1.29 is 13.2 Å². The van der Waals surface area contributed by atoms with Crippen molar-refractivity contribution in [3.63, 3.8) is 0 Å². The van der Waals surface area contributed by atoms with Gasteiger partial charge in [-0.15, -0.1) is 0 Å². The highest BCUT2D eigenvalue weighted by atomic mass is 32.2. The first-order valence-electron chi connectivity index (χ1n) is 8.74. The van der Waals surface area contributed by atoms with Crippen molar-refractivity contribution in [2.75, 3.05) is 26.2 Å². The van der Waals surface area contributed by atoms with Crippen LogP contribution in [0.5, 0.6) is 5.75 Å². The third-order valence-corrected chi connectivity index (χ3v) is 6.01. The van der Waals surface area contributed by atoms with Crippen molar-refractivity contribution in [2.24, 2.45) is 11.3 Å². The second kappa shape index (κ2) is 8.32. The van der Waals surface area contributed by atoms with Crippen LogP contribution in [0.4, 0.5) is 0 Å². The number of piperidine rings is 1. The van der Waals surface area contributed by atoms with Crippen LogP contribution in [-0.2, 0) is 10.0 Å². The van der Waals surface area contributed by atoms with Crippen molar-refractivity contribution in [1.29, 1.82) is 0 Å². The van der Waals surface area contributed by atoms with Gasteiger partial charge in [-0.2, -0.15) is 0 Å². The standard InChI is InChI=1S/C18H30N2O3S/c1-15(2)8-13-23-16-4-6-17(7-5-16)24(21,22)20-14-18(3)9-11-19-12-10-18/h4-7,15,19-20H,8-14H2,1-3H3. The van der Waals surface area contributed by atoms with Gasteiger partial charge in [0.1, 0.15) is 5.75 Å². The van der Waals surface area contributed by atoms with Gasteiger partial charge in [0.2, 0.25) is 10.0 Å². The minimum Gasteiger partial charge on any atom is -0.494 e. The van der Waals surface area contributed by atoms with E-state index >= 15 is 0 Å². The molecule has 0 unspecified atom stereocenters. The van der Waals surface area contributed by atoms with E-state index in [1.807, 2.05) is 0 Å². The summed E-state index contributed by atoms with van der Waals surface area (Å²) in [4.78, 5) is 0.288. The Bertz CT molecular complexity index is 606. The van der Waals surface area contributed by atoms with Gasteiger partial charge in [-0.1, -0.05) is 20.8 Å². The molecule has 0 aliphatic carbocycles. The van der Waals surface area contributed by atoms with Gasteiger partial charge in [0.15, 0.2) is 0 Å². The lowest BCUT2D eigenvalue weighted by molar-refractivity contribution is 0.232. The fraction of sp³-hybridized carbons (Fsp3) is 0.667. The number of hydrogen-bond acceptors (Lipinski definition) is 4. The highest BCUT2D eigenvalue weighted by Crippen LogP contribution is 2.27. The van der Waals surface area contributed by atoms with Crippen LogP contribution >= 0.6 is 0 Å². The molecular weight excluding hydrogens is 324 g/mol. The summed E-state index contributed by atoms with van der Waals surface area (Å²) in [7, 11) is -3.47. The molecule has 0 radical (unpaired) electrons. The van der Waals surface area contributed by atoms with E-state index in [0.29, 0.717) is 24.8 Å². The van der Waals surface area contributed by atoms with Crippen molar-refractivity contribution in [3.8, 4) is 5.75 Å². The molecule has 0 aromatic heterocycles. The van der Waals surface area contributed by atoms with Crippen LogP contribution < -0.4 is 14.8 Å². The number of hydrogen-bond donors (Lipinski definition) is 2. The van der Waals surface area contributed by atoms with Gasteiger partial charge in [0.25, 0.3) is 0 Å². The zero-order valence-electron chi connectivity index (χ0n) is 15.0. The Morgan fingerprint density at radius 1 is 1.21 bits per heavy atom. The maximum absolute atomic E-state index is 12.5. The third-order valence-electron chi connectivity index (χ3n) is 4.60. The van der Waals surface area contributed by atoms with E-state index in [0.717, 1.165) is 32.4 Å². The number of rotatable bonds is 8. The Kier molecular flexibility index (Phi) is 6.66. The maximum Gasteiger partial charge on any atom is 0.240 e. The first-order valence-corrected chi connectivity index (χ1v) is 10.2. The molecule has 1 aromatic rings.